The molecule has 0 saturated heterocycles. The Morgan fingerprint density at radius 1 is 0.800 bits per heavy atom. The van der Waals surface area contributed by atoms with Gasteiger partial charge in [-0.2, -0.15) is 0 Å². The third-order valence-corrected chi connectivity index (χ3v) is 12.5. The third-order valence-electron chi connectivity index (χ3n) is 9.91. The Morgan fingerprint density at radius 2 is 1.29 bits per heavy atom. The van der Waals surface area contributed by atoms with E-state index in [0.29, 0.717) is 31.5 Å². The van der Waals surface area contributed by atoms with E-state index in [4.69, 9.17) is 9.47 Å². The molecule has 0 amide bonds. The molecule has 0 aliphatic heterocycles. The summed E-state index contributed by atoms with van der Waals surface area (Å²) in [5.41, 5.74) is 1.55. The molecule has 0 heterocycles. The topological polar surface area (TPSA) is 52.6 Å². The smallest absolute Gasteiger partial charge is 0.338 e. The molecule has 6 rings (SSSR count). The molecular formula is C29H34O4P2. The largest absolute Gasteiger partial charge is 0.454 e. The summed E-state index contributed by atoms with van der Waals surface area (Å²) < 4.78 is 12.8. The first-order valence-corrected chi connectivity index (χ1v) is 14.7. The number of carbonyl (C=O) groups excluding carboxylic acids is 2. The highest BCUT2D eigenvalue weighted by Crippen LogP contribution is 2.83. The van der Waals surface area contributed by atoms with Crippen molar-refractivity contribution in [2.24, 2.45) is 22.7 Å². The molecule has 0 radical (unpaired) electrons. The fourth-order valence-corrected chi connectivity index (χ4v) is 12.1. The van der Waals surface area contributed by atoms with Crippen LogP contribution < -0.4 is 0 Å². The standard InChI is InChI=1S/C29H34O4P2/c1-26-14-15-27(2,16-26)21-20(26)28(34)17-29(21,35-3)23(33-25(31)19-12-8-5-9-13-19)22(28)32-24(30)18-10-6-4-7-11-18/h4-13,20-23,35H,14-17,34H2,1-3H3. The van der Waals surface area contributed by atoms with Crippen LogP contribution in [-0.4, -0.2) is 41.1 Å². The maximum atomic E-state index is 13.4. The van der Waals surface area contributed by atoms with Crippen LogP contribution in [0.5, 0.6) is 0 Å². The summed E-state index contributed by atoms with van der Waals surface area (Å²) >= 11 is 0. The lowest BCUT2D eigenvalue weighted by molar-refractivity contribution is -0.0895. The first kappa shape index (κ1) is 23.6. The molecule has 4 saturated carbocycles. The number of carbonyl (C=O) groups is 2. The van der Waals surface area contributed by atoms with Crippen molar-refractivity contribution in [3.63, 3.8) is 0 Å². The second-order valence-corrected chi connectivity index (χ2v) is 14.4. The lowest BCUT2D eigenvalue weighted by atomic mass is 9.60. The number of hydrogen-bond acceptors (Lipinski definition) is 4. The number of benzene rings is 2. The summed E-state index contributed by atoms with van der Waals surface area (Å²) in [5.74, 6) is 0.240. The van der Waals surface area contributed by atoms with Gasteiger partial charge in [0.05, 0.1) is 11.1 Å². The van der Waals surface area contributed by atoms with E-state index in [1.54, 1.807) is 24.3 Å². The van der Waals surface area contributed by atoms with Gasteiger partial charge in [0.25, 0.3) is 0 Å². The molecule has 35 heavy (non-hydrogen) atoms. The van der Waals surface area contributed by atoms with Gasteiger partial charge in [-0.3, -0.25) is 0 Å². The summed E-state index contributed by atoms with van der Waals surface area (Å²) in [7, 11) is 3.76. The molecule has 4 fully saturated rings. The van der Waals surface area contributed by atoms with Crippen LogP contribution in [0.15, 0.2) is 60.7 Å². The van der Waals surface area contributed by atoms with Crippen LogP contribution in [0.1, 0.15) is 60.2 Å². The van der Waals surface area contributed by atoms with E-state index in [1.807, 2.05) is 36.4 Å². The molecule has 184 valence electrons. The second-order valence-electron chi connectivity index (χ2n) is 11.9. The molecular weight excluding hydrogens is 474 g/mol. The fourth-order valence-electron chi connectivity index (χ4n) is 8.96. The Balaban J connectivity index is 1.43. The summed E-state index contributed by atoms with van der Waals surface area (Å²) in [4.78, 5) is 26.7. The zero-order valence-electron chi connectivity index (χ0n) is 20.6. The number of esters is 2. The first-order valence-electron chi connectivity index (χ1n) is 12.7. The van der Waals surface area contributed by atoms with Gasteiger partial charge >= 0.3 is 11.9 Å². The summed E-state index contributed by atoms with van der Waals surface area (Å²) in [6, 6.07) is 18.4. The Morgan fingerprint density at radius 3 is 1.80 bits per heavy atom. The zero-order chi connectivity index (χ0) is 24.6. The molecule has 0 aromatic heterocycles. The van der Waals surface area contributed by atoms with E-state index in [9.17, 15) is 9.59 Å². The van der Waals surface area contributed by atoms with Gasteiger partial charge in [-0.25, -0.2) is 9.59 Å². The van der Waals surface area contributed by atoms with Gasteiger partial charge in [-0.1, -0.05) is 50.2 Å². The maximum Gasteiger partial charge on any atom is 0.338 e. The Bertz CT molecular complexity index is 1170. The first-order chi connectivity index (χ1) is 16.7. The lowest BCUT2D eigenvalue weighted by Gasteiger charge is -2.54. The number of ether oxygens (including phenoxy) is 2. The highest BCUT2D eigenvalue weighted by Gasteiger charge is 2.83. The third kappa shape index (κ3) is 3.18. The van der Waals surface area contributed by atoms with Gasteiger partial charge in [0, 0.05) is 10.3 Å². The highest BCUT2D eigenvalue weighted by molar-refractivity contribution is 7.39. The molecule has 10 atom stereocenters. The second kappa shape index (κ2) is 7.87. The molecule has 0 N–H and O–H groups in total. The van der Waals surface area contributed by atoms with Crippen LogP contribution in [0.25, 0.3) is 0 Å². The number of rotatable bonds is 5. The van der Waals surface area contributed by atoms with Crippen molar-refractivity contribution in [3.05, 3.63) is 71.8 Å². The van der Waals surface area contributed by atoms with Crippen molar-refractivity contribution >= 4 is 29.8 Å². The van der Waals surface area contributed by atoms with Gasteiger partial charge in [-0.05, 0) is 79.3 Å². The Labute approximate surface area is 211 Å². The molecule has 4 bridgehead atoms. The molecule has 2 aromatic carbocycles. The van der Waals surface area contributed by atoms with Crippen LogP contribution in [0.4, 0.5) is 0 Å². The number of hydrogen-bond donors (Lipinski definition) is 0. The summed E-state index contributed by atoms with van der Waals surface area (Å²) in [6.07, 6.45) is 3.63. The summed E-state index contributed by atoms with van der Waals surface area (Å²) in [6.45, 7) is 7.17. The SMILES string of the molecule is CPC12CC(P)(C(OC(=O)c3ccccc3)C1OC(=O)c1ccccc1)C1C2C2(C)CCC1(C)C2. The molecule has 0 spiro atoms. The van der Waals surface area contributed by atoms with Crippen molar-refractivity contribution in [2.45, 2.75) is 62.1 Å². The average Bonchev–Trinajstić information content (AvgIpc) is 3.50. The minimum atomic E-state index is -0.485. The van der Waals surface area contributed by atoms with Crippen LogP contribution in [0, 0.1) is 22.7 Å². The lowest BCUT2D eigenvalue weighted by Crippen LogP contribution is -2.61. The predicted octanol–water partition coefficient (Wildman–Crippen LogP) is 5.96. The zero-order valence-corrected chi connectivity index (χ0v) is 22.8. The van der Waals surface area contributed by atoms with Gasteiger partial charge in [-0.15, -0.1) is 17.8 Å². The van der Waals surface area contributed by atoms with Crippen LogP contribution >= 0.6 is 17.8 Å². The van der Waals surface area contributed by atoms with Crippen molar-refractivity contribution in [1.29, 1.82) is 0 Å². The Hall–Kier alpha value is -1.76. The minimum Gasteiger partial charge on any atom is -0.454 e. The molecule has 6 heteroatoms. The maximum absolute atomic E-state index is 13.4. The van der Waals surface area contributed by atoms with Crippen molar-refractivity contribution < 1.29 is 19.1 Å². The van der Waals surface area contributed by atoms with E-state index in [0.717, 1.165) is 6.42 Å². The number of fused-ring (bicyclic) bond motifs is 9. The van der Waals surface area contributed by atoms with Gasteiger partial charge < -0.3 is 9.47 Å². The highest BCUT2D eigenvalue weighted by atomic mass is 31.1. The van der Waals surface area contributed by atoms with E-state index in [1.165, 1.54) is 19.3 Å². The molecule has 2 aromatic rings. The molecule has 4 nitrogen and oxygen atoms in total. The van der Waals surface area contributed by atoms with Gasteiger partial charge in [0.1, 0.15) is 12.2 Å². The molecule has 4 aliphatic rings. The van der Waals surface area contributed by atoms with Crippen molar-refractivity contribution in [1.82, 2.24) is 0 Å². The van der Waals surface area contributed by atoms with Crippen molar-refractivity contribution in [3.8, 4) is 0 Å². The van der Waals surface area contributed by atoms with Crippen molar-refractivity contribution in [2.75, 3.05) is 6.66 Å². The monoisotopic (exact) mass is 508 g/mol. The van der Waals surface area contributed by atoms with E-state index in [-0.39, 0.29) is 33.1 Å². The molecule has 4 aliphatic carbocycles. The van der Waals surface area contributed by atoms with E-state index < -0.39 is 12.2 Å². The Kier molecular flexibility index (Phi) is 5.31. The van der Waals surface area contributed by atoms with Gasteiger partial charge in [0.15, 0.2) is 0 Å². The average molecular weight is 509 g/mol. The fraction of sp³-hybridized carbons (Fsp3) is 0.517. The van der Waals surface area contributed by atoms with Crippen LogP contribution in [0.2, 0.25) is 0 Å². The quantitative estimate of drug-likeness (QED) is 0.284. The van der Waals surface area contributed by atoms with Crippen LogP contribution in [-0.2, 0) is 9.47 Å². The van der Waals surface area contributed by atoms with Crippen LogP contribution in [0.3, 0.4) is 0 Å². The van der Waals surface area contributed by atoms with E-state index in [2.05, 4.69) is 29.8 Å². The van der Waals surface area contributed by atoms with E-state index >= 15 is 0 Å². The normalized spacial score (nSPS) is 43.0. The van der Waals surface area contributed by atoms with Gasteiger partial charge in [0.2, 0.25) is 0 Å². The minimum absolute atomic E-state index is 0.175. The molecule has 10 unspecified atom stereocenters. The predicted molar refractivity (Wildman–Crippen MR) is 142 cm³/mol. The summed E-state index contributed by atoms with van der Waals surface area (Å²) in [5, 5.41) is -0.474.